The molecule has 0 bridgehead atoms. The summed E-state index contributed by atoms with van der Waals surface area (Å²) in [6.45, 7) is 3.98. The lowest BCUT2D eigenvalue weighted by molar-refractivity contribution is -0.116. The van der Waals surface area contributed by atoms with Gasteiger partial charge in [-0.15, -0.1) is 10.2 Å². The molecule has 0 saturated heterocycles. The summed E-state index contributed by atoms with van der Waals surface area (Å²) < 4.78 is 6.79. The van der Waals surface area contributed by atoms with Crippen LogP contribution in [0.15, 0.2) is 84.0 Å². The fourth-order valence-corrected chi connectivity index (χ4v) is 4.42. The van der Waals surface area contributed by atoms with Gasteiger partial charge in [-0.05, 0) is 62.4 Å². The van der Waals surface area contributed by atoms with Gasteiger partial charge in [0.05, 0.1) is 18.4 Å². The summed E-state index contributed by atoms with van der Waals surface area (Å²) >= 11 is 1.25. The van der Waals surface area contributed by atoms with Crippen molar-refractivity contribution in [2.45, 2.75) is 25.0 Å². The largest absolute Gasteiger partial charge is 0.496 e. The molecule has 4 aromatic rings. The smallest absolute Gasteiger partial charge is 0.237 e. The number of aromatic nitrogens is 3. The van der Waals surface area contributed by atoms with Gasteiger partial charge in [-0.2, -0.15) is 0 Å². The van der Waals surface area contributed by atoms with Crippen molar-refractivity contribution >= 4 is 34.7 Å². The number of amides is 1. The molecule has 8 nitrogen and oxygen atoms in total. The highest BCUT2D eigenvalue weighted by Gasteiger charge is 2.22. The Morgan fingerprint density at radius 3 is 2.34 bits per heavy atom. The minimum atomic E-state index is -0.0457. The molecule has 0 spiro atoms. The predicted octanol–water partition coefficient (Wildman–Crippen LogP) is 4.94. The van der Waals surface area contributed by atoms with Crippen molar-refractivity contribution in [2.75, 3.05) is 28.9 Å². The number of nitrogens with one attached hydrogen (secondary N) is 1. The summed E-state index contributed by atoms with van der Waals surface area (Å²) in [6, 6.07) is 25.2. The summed E-state index contributed by atoms with van der Waals surface area (Å²) in [7, 11) is 1.59. The maximum atomic E-state index is 13.2. The number of carbonyl (C=O) groups excluding carboxylic acids is 1. The summed E-state index contributed by atoms with van der Waals surface area (Å²) in [5.74, 6) is 7.50. The van der Waals surface area contributed by atoms with E-state index >= 15 is 0 Å². The highest BCUT2D eigenvalue weighted by atomic mass is 32.2. The molecule has 4 rings (SSSR count). The second-order valence-corrected chi connectivity index (χ2v) is 9.00. The minimum Gasteiger partial charge on any atom is -0.496 e. The molecule has 0 aliphatic rings. The van der Waals surface area contributed by atoms with Crippen LogP contribution < -0.4 is 20.8 Å². The molecule has 9 heteroatoms. The quantitative estimate of drug-likeness (QED) is 0.254. The zero-order valence-electron chi connectivity index (χ0n) is 19.9. The SMILES string of the molecule is COc1ccccc1-c1nnc(SCC(=O)N(c2ccc(Nc3ccccc3)cc2)C(C)C)n1N. The van der Waals surface area contributed by atoms with Crippen molar-refractivity contribution in [2.24, 2.45) is 0 Å². The van der Waals surface area contributed by atoms with Gasteiger partial charge in [-0.3, -0.25) is 4.79 Å². The van der Waals surface area contributed by atoms with Crippen LogP contribution >= 0.6 is 11.8 Å². The van der Waals surface area contributed by atoms with Crippen LogP contribution in [0.3, 0.4) is 0 Å². The molecule has 0 aliphatic carbocycles. The average molecular weight is 489 g/mol. The fraction of sp³-hybridized carbons (Fsp3) is 0.192. The maximum Gasteiger partial charge on any atom is 0.237 e. The number of nitrogen functional groups attached to an aromatic ring is 1. The highest BCUT2D eigenvalue weighted by Crippen LogP contribution is 2.30. The van der Waals surface area contributed by atoms with Gasteiger partial charge in [0, 0.05) is 23.1 Å². The van der Waals surface area contributed by atoms with Crippen LogP contribution in [0.25, 0.3) is 11.4 Å². The molecule has 35 heavy (non-hydrogen) atoms. The standard InChI is InChI=1S/C26H28N6O2S/c1-18(2)31(21-15-13-20(14-16-21)28-19-9-5-4-6-10-19)24(33)17-35-26-30-29-25(32(26)27)22-11-7-8-12-23(22)34-3/h4-16,18,28H,17,27H2,1-3H3. The Hall–Kier alpha value is -3.98. The van der Waals surface area contributed by atoms with E-state index in [1.807, 2.05) is 92.7 Å². The van der Waals surface area contributed by atoms with Crippen molar-refractivity contribution in [3.05, 3.63) is 78.9 Å². The van der Waals surface area contributed by atoms with E-state index in [0.29, 0.717) is 16.7 Å². The topological polar surface area (TPSA) is 98.3 Å². The Morgan fingerprint density at radius 1 is 1.00 bits per heavy atom. The molecule has 3 N–H and O–H groups in total. The van der Waals surface area contributed by atoms with E-state index in [0.717, 1.165) is 22.6 Å². The zero-order valence-corrected chi connectivity index (χ0v) is 20.7. The van der Waals surface area contributed by atoms with Crippen molar-refractivity contribution in [1.29, 1.82) is 0 Å². The van der Waals surface area contributed by atoms with E-state index < -0.39 is 0 Å². The second kappa shape index (κ2) is 11.0. The number of para-hydroxylation sites is 2. The summed E-state index contributed by atoms with van der Waals surface area (Å²) in [5, 5.41) is 12.2. The number of nitrogens with two attached hydrogens (primary N) is 1. The van der Waals surface area contributed by atoms with Crippen molar-refractivity contribution in [1.82, 2.24) is 14.9 Å². The lowest BCUT2D eigenvalue weighted by Gasteiger charge is -2.27. The third-order valence-electron chi connectivity index (χ3n) is 5.33. The van der Waals surface area contributed by atoms with Crippen LogP contribution in [0.4, 0.5) is 17.1 Å². The molecule has 0 aliphatic heterocycles. The van der Waals surface area contributed by atoms with E-state index in [9.17, 15) is 4.79 Å². The number of carbonyl (C=O) groups is 1. The summed E-state index contributed by atoms with van der Waals surface area (Å²) in [4.78, 5) is 15.0. The summed E-state index contributed by atoms with van der Waals surface area (Å²) in [5.41, 5.74) is 3.52. The van der Waals surface area contributed by atoms with Crippen LogP contribution in [0.5, 0.6) is 5.75 Å². The second-order valence-electron chi connectivity index (χ2n) is 8.06. The van der Waals surface area contributed by atoms with E-state index in [4.69, 9.17) is 10.6 Å². The van der Waals surface area contributed by atoms with Crippen LogP contribution in [-0.4, -0.2) is 39.7 Å². The van der Waals surface area contributed by atoms with Gasteiger partial charge in [-0.25, -0.2) is 4.68 Å². The van der Waals surface area contributed by atoms with Crippen molar-refractivity contribution < 1.29 is 9.53 Å². The molecule has 180 valence electrons. The number of rotatable bonds is 9. The first-order valence-electron chi connectivity index (χ1n) is 11.2. The third-order valence-corrected chi connectivity index (χ3v) is 6.26. The first-order chi connectivity index (χ1) is 17.0. The molecule has 1 aromatic heterocycles. The molecule has 0 saturated carbocycles. The number of benzene rings is 3. The number of nitrogens with zero attached hydrogens (tertiary/aromatic N) is 4. The third kappa shape index (κ3) is 5.58. The molecule has 0 radical (unpaired) electrons. The Balaban J connectivity index is 1.45. The highest BCUT2D eigenvalue weighted by molar-refractivity contribution is 7.99. The Bertz CT molecular complexity index is 1270. The van der Waals surface area contributed by atoms with Gasteiger partial charge >= 0.3 is 0 Å². The normalized spacial score (nSPS) is 10.9. The number of ether oxygens (including phenoxy) is 1. The molecule has 3 aromatic carbocycles. The van der Waals surface area contributed by atoms with Gasteiger partial charge in [-0.1, -0.05) is 42.1 Å². The lowest BCUT2D eigenvalue weighted by Crippen LogP contribution is -2.38. The number of anilines is 3. The Labute approximate surface area is 209 Å². The van der Waals surface area contributed by atoms with E-state index in [1.54, 1.807) is 12.0 Å². The molecule has 0 unspecified atom stereocenters. The van der Waals surface area contributed by atoms with Crippen LogP contribution in [0.1, 0.15) is 13.8 Å². The number of thioether (sulfide) groups is 1. The van der Waals surface area contributed by atoms with Crippen LogP contribution in [0, 0.1) is 0 Å². The lowest BCUT2D eigenvalue weighted by atomic mass is 10.2. The minimum absolute atomic E-state index is 0.0177. The van der Waals surface area contributed by atoms with Gasteiger partial charge < -0.3 is 20.8 Å². The van der Waals surface area contributed by atoms with E-state index in [2.05, 4.69) is 15.5 Å². The van der Waals surface area contributed by atoms with Crippen molar-refractivity contribution in [3.63, 3.8) is 0 Å². The molecular weight excluding hydrogens is 460 g/mol. The molecular formula is C26H28N6O2S. The fourth-order valence-electron chi connectivity index (χ4n) is 3.71. The van der Waals surface area contributed by atoms with E-state index in [-0.39, 0.29) is 17.7 Å². The van der Waals surface area contributed by atoms with Gasteiger partial charge in [0.1, 0.15) is 5.75 Å². The van der Waals surface area contributed by atoms with Gasteiger partial charge in [0.15, 0.2) is 5.82 Å². The summed E-state index contributed by atoms with van der Waals surface area (Å²) in [6.07, 6.45) is 0. The van der Waals surface area contributed by atoms with E-state index in [1.165, 1.54) is 16.4 Å². The average Bonchev–Trinajstić information content (AvgIpc) is 3.24. The van der Waals surface area contributed by atoms with Gasteiger partial charge in [0.25, 0.3) is 0 Å². The predicted molar refractivity (Wildman–Crippen MR) is 142 cm³/mol. The molecule has 0 atom stereocenters. The van der Waals surface area contributed by atoms with Crippen LogP contribution in [0.2, 0.25) is 0 Å². The zero-order chi connectivity index (χ0) is 24.8. The van der Waals surface area contributed by atoms with Gasteiger partial charge in [0.2, 0.25) is 11.1 Å². The van der Waals surface area contributed by atoms with Crippen molar-refractivity contribution in [3.8, 4) is 17.1 Å². The Kier molecular flexibility index (Phi) is 7.57. The molecule has 1 amide bonds. The first kappa shape index (κ1) is 24.2. The molecule has 1 heterocycles. The maximum absolute atomic E-state index is 13.2. The first-order valence-corrected chi connectivity index (χ1v) is 12.2. The number of methoxy groups -OCH3 is 1. The Morgan fingerprint density at radius 2 is 1.66 bits per heavy atom. The van der Waals surface area contributed by atoms with Crippen LogP contribution in [-0.2, 0) is 4.79 Å². The number of hydrogen-bond donors (Lipinski definition) is 2. The monoisotopic (exact) mass is 488 g/mol. The number of hydrogen-bond acceptors (Lipinski definition) is 7. The molecule has 0 fully saturated rings.